The van der Waals surface area contributed by atoms with E-state index in [2.05, 4.69) is 21.5 Å². The number of nitrogens with zero attached hydrogens (tertiary/aromatic N) is 2. The van der Waals surface area contributed by atoms with Gasteiger partial charge in [0, 0.05) is 25.2 Å². The summed E-state index contributed by atoms with van der Waals surface area (Å²) in [6.07, 6.45) is 0.929. The summed E-state index contributed by atoms with van der Waals surface area (Å²) in [5.41, 5.74) is 11.7. The van der Waals surface area contributed by atoms with Gasteiger partial charge in [-0.15, -0.1) is 0 Å². The predicted molar refractivity (Wildman–Crippen MR) is 130 cm³/mol. The molecule has 0 aliphatic carbocycles. The molecule has 3 aromatic rings. The number of aryl methyl sites for hydroxylation is 3. The summed E-state index contributed by atoms with van der Waals surface area (Å²) in [7, 11) is 1.57. The van der Waals surface area contributed by atoms with Crippen LogP contribution in [-0.2, 0) is 6.42 Å². The van der Waals surface area contributed by atoms with Crippen LogP contribution in [0.3, 0.4) is 0 Å². The first-order chi connectivity index (χ1) is 15.9. The molecule has 0 fully saturated rings. The zero-order valence-electron chi connectivity index (χ0n) is 18.8. The van der Waals surface area contributed by atoms with E-state index in [1.807, 2.05) is 19.9 Å². The Hall–Kier alpha value is -4.49. The number of hydrogen-bond donors (Lipinski definition) is 3. The molecule has 0 unspecified atom stereocenters. The molecule has 0 heterocycles. The van der Waals surface area contributed by atoms with E-state index in [9.17, 15) is 4.79 Å². The SMILES string of the molecule is [C-]#[N+]c1ccc(Nc2cc(Oc3c(C)cc(CCC#N)cc3C(=O)NC)c(C)cc2N)cc1. The van der Waals surface area contributed by atoms with Crippen LogP contribution >= 0.6 is 0 Å². The minimum absolute atomic E-state index is 0.266. The Balaban J connectivity index is 1.98. The normalized spacial score (nSPS) is 10.1. The standard InChI is InChI=1S/C26H25N5O2/c1-16-13-22(28)23(31-20-9-7-19(29-3)8-10-20)15-24(16)33-25-17(2)12-18(6-5-11-27)14-21(25)26(32)30-4/h7-10,12-15,31H,5-6,28H2,1-2,4H3,(H,30,32). The van der Waals surface area contributed by atoms with Gasteiger partial charge in [-0.05, 0) is 61.2 Å². The van der Waals surface area contributed by atoms with Crippen LogP contribution in [-0.4, -0.2) is 13.0 Å². The van der Waals surface area contributed by atoms with E-state index in [1.54, 1.807) is 49.5 Å². The molecule has 7 heteroatoms. The van der Waals surface area contributed by atoms with E-state index in [1.165, 1.54) is 0 Å². The number of carbonyl (C=O) groups is 1. The van der Waals surface area contributed by atoms with Crippen molar-refractivity contribution in [3.63, 3.8) is 0 Å². The number of benzene rings is 3. The van der Waals surface area contributed by atoms with E-state index in [0.717, 1.165) is 22.4 Å². The van der Waals surface area contributed by atoms with Crippen molar-refractivity contribution in [1.29, 1.82) is 5.26 Å². The molecular weight excluding hydrogens is 414 g/mol. The van der Waals surface area contributed by atoms with Crippen molar-refractivity contribution < 1.29 is 9.53 Å². The second-order valence-corrected chi connectivity index (χ2v) is 7.62. The second-order valence-electron chi connectivity index (χ2n) is 7.62. The van der Waals surface area contributed by atoms with Crippen molar-refractivity contribution >= 4 is 28.7 Å². The quantitative estimate of drug-likeness (QED) is 0.319. The number of carbonyl (C=O) groups excluding carboxylic acids is 1. The van der Waals surface area contributed by atoms with Gasteiger partial charge in [0.2, 0.25) is 0 Å². The molecule has 4 N–H and O–H groups in total. The number of nitrogens with two attached hydrogens (primary N) is 1. The highest BCUT2D eigenvalue weighted by atomic mass is 16.5. The van der Waals surface area contributed by atoms with Crippen LogP contribution in [0.5, 0.6) is 11.5 Å². The zero-order valence-corrected chi connectivity index (χ0v) is 18.8. The Morgan fingerprint density at radius 3 is 2.52 bits per heavy atom. The molecule has 0 spiro atoms. The molecule has 0 radical (unpaired) electrons. The van der Waals surface area contributed by atoms with Gasteiger partial charge in [-0.25, -0.2) is 4.85 Å². The lowest BCUT2D eigenvalue weighted by molar-refractivity contribution is 0.0960. The Morgan fingerprint density at radius 2 is 1.88 bits per heavy atom. The number of nitrogens with one attached hydrogen (secondary N) is 2. The van der Waals surface area contributed by atoms with Gasteiger partial charge in [0.15, 0.2) is 5.69 Å². The molecule has 0 bridgehead atoms. The fraction of sp³-hybridized carbons (Fsp3) is 0.192. The number of rotatable bonds is 7. The topological polar surface area (TPSA) is 105 Å². The third-order valence-electron chi connectivity index (χ3n) is 5.17. The maximum Gasteiger partial charge on any atom is 0.254 e. The Morgan fingerprint density at radius 1 is 1.15 bits per heavy atom. The van der Waals surface area contributed by atoms with Crippen LogP contribution in [0.1, 0.15) is 33.5 Å². The average Bonchev–Trinajstić information content (AvgIpc) is 2.81. The lowest BCUT2D eigenvalue weighted by atomic mass is 10.0. The van der Waals surface area contributed by atoms with Crippen molar-refractivity contribution in [2.24, 2.45) is 0 Å². The van der Waals surface area contributed by atoms with Crippen LogP contribution in [0.15, 0.2) is 48.5 Å². The summed E-state index contributed by atoms with van der Waals surface area (Å²) < 4.78 is 6.26. The molecule has 0 aromatic heterocycles. The highest BCUT2D eigenvalue weighted by Gasteiger charge is 2.18. The van der Waals surface area contributed by atoms with Crippen LogP contribution in [0.2, 0.25) is 0 Å². The summed E-state index contributed by atoms with van der Waals surface area (Å²) in [6, 6.07) is 16.5. The molecule has 0 saturated heterocycles. The van der Waals surface area contributed by atoms with E-state index in [-0.39, 0.29) is 5.91 Å². The maximum absolute atomic E-state index is 12.6. The number of amides is 1. The van der Waals surface area contributed by atoms with Gasteiger partial charge in [-0.2, -0.15) is 5.26 Å². The lowest BCUT2D eigenvalue weighted by Gasteiger charge is -2.18. The Bertz CT molecular complexity index is 1270. The molecule has 1 amide bonds. The first-order valence-electron chi connectivity index (χ1n) is 10.4. The number of nitriles is 1. The molecule has 0 aliphatic heterocycles. The van der Waals surface area contributed by atoms with Crippen molar-refractivity contribution in [2.45, 2.75) is 26.7 Å². The minimum Gasteiger partial charge on any atom is -0.456 e. The van der Waals surface area contributed by atoms with Gasteiger partial charge in [-0.3, -0.25) is 4.79 Å². The molecule has 0 aliphatic rings. The van der Waals surface area contributed by atoms with Crippen LogP contribution < -0.4 is 21.1 Å². The van der Waals surface area contributed by atoms with E-state index >= 15 is 0 Å². The molecule has 3 aromatic carbocycles. The molecule has 166 valence electrons. The largest absolute Gasteiger partial charge is 0.456 e. The van der Waals surface area contributed by atoms with Crippen LogP contribution in [0.25, 0.3) is 4.85 Å². The smallest absolute Gasteiger partial charge is 0.254 e. The number of ether oxygens (including phenoxy) is 1. The van der Waals surface area contributed by atoms with Crippen molar-refractivity contribution in [3.05, 3.63) is 82.2 Å². The molecule has 3 rings (SSSR count). The summed E-state index contributed by atoms with van der Waals surface area (Å²) >= 11 is 0. The van der Waals surface area contributed by atoms with Gasteiger partial charge in [0.05, 0.1) is 29.6 Å². The highest BCUT2D eigenvalue weighted by Crippen LogP contribution is 2.37. The number of nitrogen functional groups attached to an aromatic ring is 1. The Labute approximate surface area is 193 Å². The first-order valence-corrected chi connectivity index (χ1v) is 10.4. The molecule has 0 saturated carbocycles. The van der Waals surface area contributed by atoms with Crippen molar-refractivity contribution in [2.75, 3.05) is 18.1 Å². The molecule has 33 heavy (non-hydrogen) atoms. The number of anilines is 3. The fourth-order valence-electron chi connectivity index (χ4n) is 3.45. The third-order valence-corrected chi connectivity index (χ3v) is 5.17. The van der Waals surface area contributed by atoms with Gasteiger partial charge in [0.25, 0.3) is 5.91 Å². The Kier molecular flexibility index (Phi) is 7.17. The van der Waals surface area contributed by atoms with Crippen LogP contribution in [0, 0.1) is 31.8 Å². The van der Waals surface area contributed by atoms with Gasteiger partial charge < -0.3 is 21.1 Å². The summed E-state index contributed by atoms with van der Waals surface area (Å²) in [4.78, 5) is 16.0. The van der Waals surface area contributed by atoms with E-state index < -0.39 is 0 Å². The average molecular weight is 440 g/mol. The van der Waals surface area contributed by atoms with E-state index in [0.29, 0.717) is 47.0 Å². The zero-order chi connectivity index (χ0) is 24.0. The van der Waals surface area contributed by atoms with Crippen molar-refractivity contribution in [3.8, 4) is 17.6 Å². The second kappa shape index (κ2) is 10.2. The first kappa shape index (κ1) is 23.2. The summed E-state index contributed by atoms with van der Waals surface area (Å²) in [5.74, 6) is 0.746. The van der Waals surface area contributed by atoms with Crippen LogP contribution in [0.4, 0.5) is 22.7 Å². The highest BCUT2D eigenvalue weighted by molar-refractivity contribution is 5.97. The van der Waals surface area contributed by atoms with Gasteiger partial charge in [0.1, 0.15) is 11.5 Å². The lowest BCUT2D eigenvalue weighted by Crippen LogP contribution is -2.19. The van der Waals surface area contributed by atoms with Crippen molar-refractivity contribution in [1.82, 2.24) is 5.32 Å². The molecular formula is C26H25N5O2. The number of hydrogen-bond acceptors (Lipinski definition) is 5. The van der Waals surface area contributed by atoms with Gasteiger partial charge in [-0.1, -0.05) is 18.2 Å². The molecule has 7 nitrogen and oxygen atoms in total. The van der Waals surface area contributed by atoms with Gasteiger partial charge >= 0.3 is 0 Å². The monoisotopic (exact) mass is 439 g/mol. The molecule has 0 atom stereocenters. The summed E-state index contributed by atoms with van der Waals surface area (Å²) in [6.45, 7) is 10.8. The minimum atomic E-state index is -0.266. The van der Waals surface area contributed by atoms with E-state index in [4.69, 9.17) is 22.3 Å². The maximum atomic E-state index is 12.6. The predicted octanol–water partition coefficient (Wildman–Crippen LogP) is 5.79. The summed E-state index contributed by atoms with van der Waals surface area (Å²) in [5, 5.41) is 14.8. The fourth-order valence-corrected chi connectivity index (χ4v) is 3.45. The third kappa shape index (κ3) is 5.41.